The van der Waals surface area contributed by atoms with Gasteiger partial charge in [-0.1, -0.05) is 0 Å². The van der Waals surface area contributed by atoms with E-state index in [-0.39, 0.29) is 0 Å². The first-order valence-electron chi connectivity index (χ1n) is 3.74. The predicted octanol–water partition coefficient (Wildman–Crippen LogP) is 2.74. The Morgan fingerprint density at radius 3 is 1.21 bits per heavy atom. The molecule has 0 aliphatic heterocycles. The van der Waals surface area contributed by atoms with Gasteiger partial charge in [0.15, 0.2) is 0 Å². The Bertz CT molecular complexity index is 279. The quantitative estimate of drug-likeness (QED) is 0.742. The standard InChI is InChI=1S/C5H15Cl2N3O2P2/c1-8(2)14(12,9(3)4)10(5)13(6,7)11/h1-5H3. The van der Waals surface area contributed by atoms with Crippen molar-refractivity contribution in [2.75, 3.05) is 35.2 Å². The van der Waals surface area contributed by atoms with Gasteiger partial charge in [0.2, 0.25) is 0 Å². The minimum absolute atomic E-state index is 1.02. The van der Waals surface area contributed by atoms with Crippen LogP contribution < -0.4 is 0 Å². The van der Waals surface area contributed by atoms with E-state index in [1.54, 1.807) is 28.2 Å². The summed E-state index contributed by atoms with van der Waals surface area (Å²) >= 11 is 11.0. The summed E-state index contributed by atoms with van der Waals surface area (Å²) in [5.41, 5.74) is 0. The van der Waals surface area contributed by atoms with Crippen LogP contribution in [0.5, 0.6) is 0 Å². The molecule has 5 nitrogen and oxygen atoms in total. The topological polar surface area (TPSA) is 43.9 Å². The molecule has 0 N–H and O–H groups in total. The lowest BCUT2D eigenvalue weighted by Crippen LogP contribution is -2.29. The third-order valence-electron chi connectivity index (χ3n) is 1.76. The highest BCUT2D eigenvalue weighted by Crippen LogP contribution is 2.72. The second-order valence-electron chi connectivity index (χ2n) is 3.13. The monoisotopic (exact) mass is 281 g/mol. The Morgan fingerprint density at radius 2 is 1.14 bits per heavy atom. The van der Waals surface area contributed by atoms with Crippen molar-refractivity contribution in [3.05, 3.63) is 0 Å². The van der Waals surface area contributed by atoms with Crippen LogP contribution in [0.1, 0.15) is 0 Å². The summed E-state index contributed by atoms with van der Waals surface area (Å²) in [6.07, 6.45) is 0. The van der Waals surface area contributed by atoms with Crippen molar-refractivity contribution < 1.29 is 9.13 Å². The molecular weight excluding hydrogens is 267 g/mol. The number of hydrogen-bond acceptors (Lipinski definition) is 2. The van der Waals surface area contributed by atoms with Gasteiger partial charge in [-0.15, -0.1) is 0 Å². The third kappa shape index (κ3) is 2.96. The van der Waals surface area contributed by atoms with Gasteiger partial charge >= 0.3 is 6.00 Å². The summed E-state index contributed by atoms with van der Waals surface area (Å²) in [6, 6.07) is 0. The first kappa shape index (κ1) is 14.9. The van der Waals surface area contributed by atoms with E-state index in [1.807, 2.05) is 0 Å². The Morgan fingerprint density at radius 1 is 0.857 bits per heavy atom. The molecule has 0 bridgehead atoms. The van der Waals surface area contributed by atoms with E-state index >= 15 is 0 Å². The van der Waals surface area contributed by atoms with Crippen LogP contribution in [0.25, 0.3) is 0 Å². The molecule has 86 valence electrons. The van der Waals surface area contributed by atoms with E-state index in [4.69, 9.17) is 22.5 Å². The molecule has 0 aliphatic carbocycles. The molecule has 0 aromatic carbocycles. The Hall–Kier alpha value is 0.920. The molecule has 14 heavy (non-hydrogen) atoms. The van der Waals surface area contributed by atoms with E-state index < -0.39 is 13.6 Å². The zero-order chi connectivity index (χ0) is 11.7. The van der Waals surface area contributed by atoms with Crippen molar-refractivity contribution in [2.24, 2.45) is 0 Å². The molecule has 0 radical (unpaired) electrons. The van der Waals surface area contributed by atoms with Crippen LogP contribution >= 0.6 is 36.1 Å². The van der Waals surface area contributed by atoms with E-state index in [9.17, 15) is 9.13 Å². The summed E-state index contributed by atoms with van der Waals surface area (Å²) in [6.45, 7) is 0. The van der Waals surface area contributed by atoms with E-state index in [2.05, 4.69) is 0 Å². The molecular formula is C5H15Cl2N3O2P2. The second kappa shape index (κ2) is 4.84. The van der Waals surface area contributed by atoms with Crippen molar-refractivity contribution >= 4 is 36.1 Å². The van der Waals surface area contributed by atoms with Gasteiger partial charge in [-0.2, -0.15) is 4.44 Å². The Labute approximate surface area is 94.5 Å². The molecule has 0 unspecified atom stereocenters. The van der Waals surface area contributed by atoms with E-state index in [0.29, 0.717) is 0 Å². The Kier molecular flexibility index (Phi) is 5.15. The smallest absolute Gasteiger partial charge is 0.270 e. The summed E-state index contributed by atoms with van der Waals surface area (Å²) in [5.74, 6) is -3.55. The van der Waals surface area contributed by atoms with Crippen LogP contribution in [0.4, 0.5) is 0 Å². The van der Waals surface area contributed by atoms with Crippen LogP contribution in [0.3, 0.4) is 0 Å². The van der Waals surface area contributed by atoms with E-state index in [0.717, 1.165) is 4.44 Å². The lowest BCUT2D eigenvalue weighted by Gasteiger charge is -2.36. The lowest BCUT2D eigenvalue weighted by atomic mass is 11.3. The Balaban J connectivity index is 5.26. The molecule has 0 fully saturated rings. The highest BCUT2D eigenvalue weighted by Gasteiger charge is 2.41. The molecule has 0 aromatic heterocycles. The van der Waals surface area contributed by atoms with Crippen molar-refractivity contribution in [1.29, 1.82) is 0 Å². The molecule has 0 rings (SSSR count). The minimum Gasteiger partial charge on any atom is -0.270 e. The summed E-state index contributed by atoms with van der Waals surface area (Å²) in [4.78, 5) is 0. The molecule has 0 aliphatic rings. The average Bonchev–Trinajstić information content (AvgIpc) is 1.99. The van der Waals surface area contributed by atoms with Crippen molar-refractivity contribution in [1.82, 2.24) is 13.8 Å². The average molecular weight is 282 g/mol. The van der Waals surface area contributed by atoms with Gasteiger partial charge in [-0.25, -0.2) is 9.34 Å². The van der Waals surface area contributed by atoms with E-state index in [1.165, 1.54) is 16.4 Å². The van der Waals surface area contributed by atoms with Crippen molar-refractivity contribution in [2.45, 2.75) is 0 Å². The molecule has 0 spiro atoms. The van der Waals surface area contributed by atoms with Gasteiger partial charge in [0.1, 0.15) is 0 Å². The van der Waals surface area contributed by atoms with Gasteiger partial charge in [0, 0.05) is 7.05 Å². The fraction of sp³-hybridized carbons (Fsp3) is 1.00. The highest BCUT2D eigenvalue weighted by molar-refractivity contribution is 8.09. The number of rotatable bonds is 4. The molecule has 0 atom stereocenters. The number of nitrogens with zero attached hydrogens (tertiary/aromatic N) is 3. The second-order valence-corrected chi connectivity index (χ2v) is 11.4. The van der Waals surface area contributed by atoms with Gasteiger partial charge in [-0.05, 0) is 50.7 Å². The molecule has 9 heteroatoms. The van der Waals surface area contributed by atoms with Crippen LogP contribution in [0.2, 0.25) is 0 Å². The molecule has 0 saturated carbocycles. The lowest BCUT2D eigenvalue weighted by molar-refractivity contribution is 0.407. The maximum Gasteiger partial charge on any atom is 0.329 e. The first-order valence-corrected chi connectivity index (χ1v) is 8.77. The van der Waals surface area contributed by atoms with Gasteiger partial charge in [-0.3, -0.25) is 9.13 Å². The summed E-state index contributed by atoms with van der Waals surface area (Å²) < 4.78 is 27.7. The fourth-order valence-electron chi connectivity index (χ4n) is 1.01. The van der Waals surface area contributed by atoms with Crippen LogP contribution in [-0.2, 0) is 9.13 Å². The van der Waals surface area contributed by atoms with Crippen molar-refractivity contribution in [3.63, 3.8) is 0 Å². The van der Waals surface area contributed by atoms with Crippen LogP contribution in [-0.4, -0.2) is 49.0 Å². The normalized spacial score (nSPS) is 14.4. The predicted molar refractivity (Wildman–Crippen MR) is 62.1 cm³/mol. The largest absolute Gasteiger partial charge is 0.329 e. The number of hydrogen-bond donors (Lipinski definition) is 0. The molecule has 0 heterocycles. The van der Waals surface area contributed by atoms with Gasteiger partial charge < -0.3 is 0 Å². The van der Waals surface area contributed by atoms with Gasteiger partial charge in [0.05, 0.1) is 0 Å². The third-order valence-corrected chi connectivity index (χ3v) is 8.72. The maximum atomic E-state index is 12.4. The SMILES string of the molecule is CN(C)P(=O)(N(C)C)N(C)P(=O)(Cl)Cl. The zero-order valence-electron chi connectivity index (χ0n) is 8.81. The number of halogens is 2. The zero-order valence-corrected chi connectivity index (χ0v) is 12.1. The van der Waals surface area contributed by atoms with Crippen LogP contribution in [0.15, 0.2) is 0 Å². The summed E-state index contributed by atoms with van der Waals surface area (Å²) in [5, 5.41) is 0. The first-order chi connectivity index (χ1) is 6.04. The fourth-order valence-corrected chi connectivity index (χ4v) is 6.39. The maximum absolute atomic E-state index is 12.4. The molecule has 0 saturated heterocycles. The summed E-state index contributed by atoms with van der Waals surface area (Å²) in [7, 11) is 4.72. The molecule has 0 aromatic rings. The van der Waals surface area contributed by atoms with Gasteiger partial charge in [0.25, 0.3) is 7.59 Å². The van der Waals surface area contributed by atoms with Crippen LogP contribution in [0, 0.1) is 0 Å². The van der Waals surface area contributed by atoms with Crippen molar-refractivity contribution in [3.8, 4) is 0 Å². The highest BCUT2D eigenvalue weighted by atomic mass is 35.9. The minimum atomic E-state index is -3.55. The molecule has 0 amide bonds.